The van der Waals surface area contributed by atoms with Crippen molar-refractivity contribution in [3.8, 4) is 0 Å². The van der Waals surface area contributed by atoms with Crippen LogP contribution in [-0.2, 0) is 11.2 Å². The number of nitrogens with zero attached hydrogens (tertiary/aromatic N) is 4. The minimum absolute atomic E-state index is 0.0649. The summed E-state index contributed by atoms with van der Waals surface area (Å²) in [5.41, 5.74) is 0.334. The molecule has 0 aromatic carbocycles. The minimum atomic E-state index is -0.143. The Morgan fingerprint density at radius 2 is 1.87 bits per heavy atom. The Morgan fingerprint density at radius 1 is 1.13 bits per heavy atom. The maximum atomic E-state index is 12.3. The summed E-state index contributed by atoms with van der Waals surface area (Å²) < 4.78 is 0.687. The van der Waals surface area contributed by atoms with Gasteiger partial charge in [0, 0.05) is 43.4 Å². The highest BCUT2D eigenvalue weighted by molar-refractivity contribution is 7.16. The largest absolute Gasteiger partial charge is 0.339 e. The number of amides is 2. The summed E-state index contributed by atoms with van der Waals surface area (Å²) in [6, 6.07) is 3.67. The molecule has 0 spiro atoms. The van der Waals surface area contributed by atoms with Gasteiger partial charge in [0.2, 0.25) is 5.91 Å². The Hall–Kier alpha value is -1.99. The van der Waals surface area contributed by atoms with Crippen LogP contribution in [0.5, 0.6) is 0 Å². The molecule has 1 aliphatic heterocycles. The first-order valence-electron chi connectivity index (χ1n) is 7.21. The molecule has 0 saturated carbocycles. The number of rotatable bonds is 3. The Balaban J connectivity index is 1.54. The van der Waals surface area contributed by atoms with Crippen LogP contribution >= 0.6 is 22.9 Å². The molecule has 2 aromatic heterocycles. The van der Waals surface area contributed by atoms with Gasteiger partial charge in [0.15, 0.2) is 0 Å². The smallest absolute Gasteiger partial charge is 0.274 e. The van der Waals surface area contributed by atoms with E-state index in [0.717, 1.165) is 4.88 Å². The third-order valence-corrected chi connectivity index (χ3v) is 4.89. The molecule has 0 radical (unpaired) electrons. The van der Waals surface area contributed by atoms with E-state index in [4.69, 9.17) is 11.6 Å². The van der Waals surface area contributed by atoms with Crippen molar-refractivity contribution in [2.45, 2.75) is 6.42 Å². The maximum Gasteiger partial charge on any atom is 0.274 e. The van der Waals surface area contributed by atoms with Crippen LogP contribution in [0.4, 0.5) is 0 Å². The van der Waals surface area contributed by atoms with Gasteiger partial charge in [0.05, 0.1) is 17.0 Å². The summed E-state index contributed by atoms with van der Waals surface area (Å²) in [6.07, 6.45) is 4.85. The number of carbonyl (C=O) groups is 2. The molecule has 0 atom stereocenters. The van der Waals surface area contributed by atoms with Gasteiger partial charge in [0.25, 0.3) is 5.91 Å². The lowest BCUT2D eigenvalue weighted by molar-refractivity contribution is -0.131. The van der Waals surface area contributed by atoms with Gasteiger partial charge in [-0.25, -0.2) is 4.98 Å². The second-order valence-electron chi connectivity index (χ2n) is 5.15. The number of halogens is 1. The summed E-state index contributed by atoms with van der Waals surface area (Å²) in [4.78, 5) is 36.9. The molecule has 23 heavy (non-hydrogen) atoms. The molecule has 6 nitrogen and oxygen atoms in total. The SMILES string of the molecule is O=C(Cc1ccc(Cl)s1)N1CCN(C(=O)c2cnccn2)CC1. The molecule has 2 amide bonds. The Bertz CT molecular complexity index is 699. The summed E-state index contributed by atoms with van der Waals surface area (Å²) in [5, 5.41) is 0. The van der Waals surface area contributed by atoms with Crippen molar-refractivity contribution in [3.63, 3.8) is 0 Å². The fraction of sp³-hybridized carbons (Fsp3) is 0.333. The van der Waals surface area contributed by atoms with Crippen molar-refractivity contribution in [3.05, 3.63) is 45.6 Å². The highest BCUT2D eigenvalue weighted by Crippen LogP contribution is 2.22. The van der Waals surface area contributed by atoms with Crippen molar-refractivity contribution in [1.29, 1.82) is 0 Å². The average Bonchev–Trinajstić information content (AvgIpc) is 3.00. The van der Waals surface area contributed by atoms with Gasteiger partial charge in [-0.3, -0.25) is 14.6 Å². The third kappa shape index (κ3) is 3.86. The zero-order valence-corrected chi connectivity index (χ0v) is 13.9. The molecule has 1 saturated heterocycles. The van der Waals surface area contributed by atoms with Crippen molar-refractivity contribution in [1.82, 2.24) is 19.8 Å². The van der Waals surface area contributed by atoms with Gasteiger partial charge in [-0.05, 0) is 12.1 Å². The predicted molar refractivity (Wildman–Crippen MR) is 87.5 cm³/mol. The van der Waals surface area contributed by atoms with Gasteiger partial charge >= 0.3 is 0 Å². The number of hydrogen-bond donors (Lipinski definition) is 0. The van der Waals surface area contributed by atoms with Crippen LogP contribution in [0, 0.1) is 0 Å². The Labute approximate surface area is 142 Å². The molecule has 120 valence electrons. The maximum absolute atomic E-state index is 12.3. The van der Waals surface area contributed by atoms with E-state index in [-0.39, 0.29) is 11.8 Å². The molecule has 0 unspecified atom stereocenters. The molecular formula is C15H15ClN4O2S. The van der Waals surface area contributed by atoms with Crippen LogP contribution in [0.1, 0.15) is 15.4 Å². The standard InChI is InChI=1S/C15H15ClN4O2S/c16-13-2-1-11(23-13)9-14(21)19-5-7-20(8-6-19)15(22)12-10-17-3-4-18-12/h1-4,10H,5-9H2. The summed E-state index contributed by atoms with van der Waals surface area (Å²) in [6.45, 7) is 2.08. The first-order valence-corrected chi connectivity index (χ1v) is 8.40. The van der Waals surface area contributed by atoms with Crippen molar-refractivity contribution in [2.75, 3.05) is 26.2 Å². The highest BCUT2D eigenvalue weighted by Gasteiger charge is 2.25. The molecular weight excluding hydrogens is 336 g/mol. The normalized spacial score (nSPS) is 14.8. The van der Waals surface area contributed by atoms with E-state index in [1.54, 1.807) is 15.9 Å². The van der Waals surface area contributed by atoms with Crippen molar-refractivity contribution < 1.29 is 9.59 Å². The van der Waals surface area contributed by atoms with Crippen LogP contribution in [0.25, 0.3) is 0 Å². The molecule has 2 aromatic rings. The number of thiophene rings is 1. The fourth-order valence-corrected chi connectivity index (χ4v) is 3.52. The summed E-state index contributed by atoms with van der Waals surface area (Å²) in [7, 11) is 0. The zero-order valence-electron chi connectivity index (χ0n) is 12.3. The van der Waals surface area contributed by atoms with Gasteiger partial charge in [-0.2, -0.15) is 0 Å². The monoisotopic (exact) mass is 350 g/mol. The fourth-order valence-electron chi connectivity index (χ4n) is 2.44. The third-order valence-electron chi connectivity index (χ3n) is 3.66. The van der Waals surface area contributed by atoms with E-state index in [0.29, 0.717) is 42.6 Å². The van der Waals surface area contributed by atoms with E-state index < -0.39 is 0 Å². The molecule has 3 heterocycles. The Kier molecular flexibility index (Phi) is 4.88. The van der Waals surface area contributed by atoms with Crippen molar-refractivity contribution in [2.24, 2.45) is 0 Å². The Morgan fingerprint density at radius 3 is 2.48 bits per heavy atom. The quantitative estimate of drug-likeness (QED) is 0.845. The van der Waals surface area contributed by atoms with Crippen LogP contribution in [0.2, 0.25) is 4.34 Å². The number of piperazine rings is 1. The molecule has 8 heteroatoms. The van der Waals surface area contributed by atoms with E-state index in [1.807, 2.05) is 6.07 Å². The van der Waals surface area contributed by atoms with Crippen LogP contribution < -0.4 is 0 Å². The zero-order chi connectivity index (χ0) is 16.2. The predicted octanol–water partition coefficient (Wildman–Crippen LogP) is 1.72. The number of hydrogen-bond acceptors (Lipinski definition) is 5. The van der Waals surface area contributed by atoms with E-state index in [9.17, 15) is 9.59 Å². The van der Waals surface area contributed by atoms with Gasteiger partial charge < -0.3 is 9.80 Å². The highest BCUT2D eigenvalue weighted by atomic mass is 35.5. The van der Waals surface area contributed by atoms with Gasteiger partial charge in [0.1, 0.15) is 5.69 Å². The van der Waals surface area contributed by atoms with E-state index in [1.165, 1.54) is 29.9 Å². The van der Waals surface area contributed by atoms with Crippen LogP contribution in [-0.4, -0.2) is 57.8 Å². The first-order chi connectivity index (χ1) is 11.1. The topological polar surface area (TPSA) is 66.4 Å². The minimum Gasteiger partial charge on any atom is -0.339 e. The number of aromatic nitrogens is 2. The molecule has 1 fully saturated rings. The lowest BCUT2D eigenvalue weighted by Gasteiger charge is -2.34. The van der Waals surface area contributed by atoms with Crippen LogP contribution in [0.15, 0.2) is 30.7 Å². The molecule has 0 aliphatic carbocycles. The second-order valence-corrected chi connectivity index (χ2v) is 6.95. The van der Waals surface area contributed by atoms with Crippen molar-refractivity contribution >= 4 is 34.8 Å². The van der Waals surface area contributed by atoms with Gasteiger partial charge in [-0.1, -0.05) is 11.6 Å². The second kappa shape index (κ2) is 7.06. The average molecular weight is 351 g/mol. The molecule has 1 aliphatic rings. The van der Waals surface area contributed by atoms with E-state index >= 15 is 0 Å². The van der Waals surface area contributed by atoms with E-state index in [2.05, 4.69) is 9.97 Å². The molecule has 3 rings (SSSR count). The summed E-state index contributed by atoms with van der Waals surface area (Å²) >= 11 is 7.30. The van der Waals surface area contributed by atoms with Gasteiger partial charge in [-0.15, -0.1) is 11.3 Å². The first kappa shape index (κ1) is 15.9. The lowest BCUT2D eigenvalue weighted by Crippen LogP contribution is -2.51. The van der Waals surface area contributed by atoms with Crippen LogP contribution in [0.3, 0.4) is 0 Å². The molecule has 0 N–H and O–H groups in total. The summed E-state index contributed by atoms with van der Waals surface area (Å²) in [5.74, 6) is -0.0784. The lowest BCUT2D eigenvalue weighted by atomic mass is 10.2. The number of carbonyl (C=O) groups excluding carboxylic acids is 2. The molecule has 0 bridgehead atoms.